The molecule has 0 unspecified atom stereocenters. The number of non-ortho nitro benzene ring substituents is 1. The lowest BCUT2D eigenvalue weighted by Gasteiger charge is -2.36. The summed E-state index contributed by atoms with van der Waals surface area (Å²) in [6.07, 6.45) is 0.515. The van der Waals surface area contributed by atoms with E-state index in [1.807, 2.05) is 33.6 Å². The fourth-order valence-corrected chi connectivity index (χ4v) is 4.42. The Morgan fingerprint density at radius 3 is 2.34 bits per heavy atom. The van der Waals surface area contributed by atoms with Gasteiger partial charge in [-0.2, -0.15) is 0 Å². The molecule has 1 saturated heterocycles. The molecule has 1 amide bonds. The van der Waals surface area contributed by atoms with Crippen LogP contribution in [0.3, 0.4) is 0 Å². The van der Waals surface area contributed by atoms with E-state index in [1.54, 1.807) is 12.1 Å². The second-order valence-corrected chi connectivity index (χ2v) is 10.0. The summed E-state index contributed by atoms with van der Waals surface area (Å²) < 4.78 is 1.91. The zero-order valence-corrected chi connectivity index (χ0v) is 20.0. The number of piperazine rings is 1. The molecule has 1 aliphatic rings. The van der Waals surface area contributed by atoms with Gasteiger partial charge in [-0.15, -0.1) is 10.2 Å². The van der Waals surface area contributed by atoms with Gasteiger partial charge in [0.05, 0.1) is 10.4 Å². The predicted octanol–water partition coefficient (Wildman–Crippen LogP) is 3.94. The highest BCUT2D eigenvalue weighted by Gasteiger charge is 2.28. The number of aromatic nitrogens is 4. The van der Waals surface area contributed by atoms with E-state index in [0.29, 0.717) is 55.6 Å². The van der Waals surface area contributed by atoms with Crippen molar-refractivity contribution in [3.63, 3.8) is 0 Å². The molecule has 10 heteroatoms. The molecule has 0 atom stereocenters. The van der Waals surface area contributed by atoms with Gasteiger partial charge in [-0.3, -0.25) is 14.9 Å². The predicted molar refractivity (Wildman–Crippen MR) is 133 cm³/mol. The highest BCUT2D eigenvalue weighted by Crippen LogP contribution is 2.30. The van der Waals surface area contributed by atoms with Gasteiger partial charge in [-0.1, -0.05) is 32.9 Å². The van der Waals surface area contributed by atoms with E-state index in [1.165, 1.54) is 12.1 Å². The fourth-order valence-electron chi connectivity index (χ4n) is 4.42. The molecule has 2 aromatic heterocycles. The van der Waals surface area contributed by atoms with Gasteiger partial charge in [0, 0.05) is 55.7 Å². The van der Waals surface area contributed by atoms with Crippen LogP contribution in [0.25, 0.3) is 27.9 Å². The molecule has 0 N–H and O–H groups in total. The Hall–Kier alpha value is -4.08. The van der Waals surface area contributed by atoms with Gasteiger partial charge in [0.1, 0.15) is 0 Å². The zero-order chi connectivity index (χ0) is 24.7. The first kappa shape index (κ1) is 22.7. The van der Waals surface area contributed by atoms with E-state index < -0.39 is 4.92 Å². The van der Waals surface area contributed by atoms with Crippen molar-refractivity contribution in [1.82, 2.24) is 24.5 Å². The SMILES string of the molecule is CC(C)(C)CC(=O)N1CCN(c2nc3ccccc3c3nnc(-c4ccc([N+](=O)[O-])cc4)n23)CC1. The summed E-state index contributed by atoms with van der Waals surface area (Å²) in [5.41, 5.74) is 2.15. The number of benzene rings is 2. The van der Waals surface area contributed by atoms with Crippen molar-refractivity contribution in [2.24, 2.45) is 5.41 Å². The van der Waals surface area contributed by atoms with Gasteiger partial charge in [-0.05, 0) is 29.7 Å². The Bertz CT molecular complexity index is 1420. The van der Waals surface area contributed by atoms with Crippen molar-refractivity contribution in [3.05, 3.63) is 58.6 Å². The largest absolute Gasteiger partial charge is 0.339 e. The summed E-state index contributed by atoms with van der Waals surface area (Å²) in [5.74, 6) is 1.43. The number of nitro groups is 1. The lowest BCUT2D eigenvalue weighted by molar-refractivity contribution is -0.384. The smallest absolute Gasteiger partial charge is 0.269 e. The van der Waals surface area contributed by atoms with Crippen LogP contribution < -0.4 is 4.90 Å². The van der Waals surface area contributed by atoms with Crippen LogP contribution in [0.5, 0.6) is 0 Å². The number of carbonyl (C=O) groups is 1. The number of hydrogen-bond acceptors (Lipinski definition) is 7. The third-order valence-electron chi connectivity index (χ3n) is 6.16. The lowest BCUT2D eigenvalue weighted by atomic mass is 9.91. The van der Waals surface area contributed by atoms with Gasteiger partial charge in [0.25, 0.3) is 5.69 Å². The van der Waals surface area contributed by atoms with Crippen LogP contribution in [0.4, 0.5) is 11.6 Å². The number of hydrogen-bond donors (Lipinski definition) is 0. The summed E-state index contributed by atoms with van der Waals surface area (Å²) in [5, 5.41) is 20.9. The summed E-state index contributed by atoms with van der Waals surface area (Å²) in [7, 11) is 0. The van der Waals surface area contributed by atoms with Crippen LogP contribution in [0, 0.1) is 15.5 Å². The van der Waals surface area contributed by atoms with Crippen LogP contribution in [0.15, 0.2) is 48.5 Å². The molecule has 0 bridgehead atoms. The van der Waals surface area contributed by atoms with Gasteiger partial charge in [0.15, 0.2) is 11.5 Å². The molecular weight excluding hydrogens is 446 g/mol. The monoisotopic (exact) mass is 473 g/mol. The van der Waals surface area contributed by atoms with Crippen molar-refractivity contribution < 1.29 is 9.72 Å². The summed E-state index contributed by atoms with van der Waals surface area (Å²) in [6, 6.07) is 14.1. The topological polar surface area (TPSA) is 110 Å². The van der Waals surface area contributed by atoms with Crippen molar-refractivity contribution in [1.29, 1.82) is 0 Å². The summed E-state index contributed by atoms with van der Waals surface area (Å²) >= 11 is 0. The van der Waals surface area contributed by atoms with E-state index in [9.17, 15) is 14.9 Å². The lowest BCUT2D eigenvalue weighted by Crippen LogP contribution is -2.50. The molecule has 0 saturated carbocycles. The van der Waals surface area contributed by atoms with Crippen molar-refractivity contribution in [2.45, 2.75) is 27.2 Å². The highest BCUT2D eigenvalue weighted by molar-refractivity contribution is 5.93. The number of rotatable bonds is 4. The molecule has 35 heavy (non-hydrogen) atoms. The quantitative estimate of drug-likeness (QED) is 0.326. The minimum Gasteiger partial charge on any atom is -0.339 e. The molecular formula is C25H27N7O3. The summed E-state index contributed by atoms with van der Waals surface area (Å²) in [6.45, 7) is 8.70. The van der Waals surface area contributed by atoms with Crippen LogP contribution in [-0.2, 0) is 4.79 Å². The zero-order valence-electron chi connectivity index (χ0n) is 20.0. The first-order chi connectivity index (χ1) is 16.7. The molecule has 180 valence electrons. The molecule has 1 fully saturated rings. The van der Waals surface area contributed by atoms with Gasteiger partial charge < -0.3 is 9.80 Å². The number of nitro benzene ring substituents is 1. The molecule has 3 heterocycles. The summed E-state index contributed by atoms with van der Waals surface area (Å²) in [4.78, 5) is 32.4. The van der Waals surface area contributed by atoms with Crippen LogP contribution in [0.2, 0.25) is 0 Å². The Kier molecular flexibility index (Phi) is 5.58. The Morgan fingerprint density at radius 1 is 1.00 bits per heavy atom. The number of fused-ring (bicyclic) bond motifs is 3. The van der Waals surface area contributed by atoms with Crippen LogP contribution in [-0.4, -0.2) is 61.5 Å². The van der Waals surface area contributed by atoms with Crippen LogP contribution in [0.1, 0.15) is 27.2 Å². The van der Waals surface area contributed by atoms with Crippen LogP contribution >= 0.6 is 0 Å². The molecule has 2 aromatic carbocycles. The highest BCUT2D eigenvalue weighted by atomic mass is 16.6. The second kappa shape index (κ2) is 8.61. The number of amides is 1. The molecule has 1 aliphatic heterocycles. The number of anilines is 1. The van der Waals surface area contributed by atoms with E-state index in [2.05, 4.69) is 35.9 Å². The first-order valence-corrected chi connectivity index (χ1v) is 11.6. The normalized spacial score (nSPS) is 14.6. The van der Waals surface area contributed by atoms with Crippen molar-refractivity contribution >= 4 is 34.1 Å². The minimum atomic E-state index is -0.424. The standard InChI is InChI=1S/C25H27N7O3/c1-25(2,3)16-21(33)29-12-14-30(15-13-29)24-26-20-7-5-4-6-19(20)23-28-27-22(31(23)24)17-8-10-18(11-9-17)32(34)35/h4-11H,12-16H2,1-3H3. The second-order valence-electron chi connectivity index (χ2n) is 10.0. The van der Waals surface area contributed by atoms with E-state index in [-0.39, 0.29) is 17.0 Å². The van der Waals surface area contributed by atoms with Crippen molar-refractivity contribution in [3.8, 4) is 11.4 Å². The molecule has 0 spiro atoms. The molecule has 0 radical (unpaired) electrons. The van der Waals surface area contributed by atoms with E-state index >= 15 is 0 Å². The Balaban J connectivity index is 1.54. The average molecular weight is 474 g/mol. The maximum atomic E-state index is 12.7. The molecule has 0 aliphatic carbocycles. The van der Waals surface area contributed by atoms with Crippen molar-refractivity contribution in [2.75, 3.05) is 31.1 Å². The van der Waals surface area contributed by atoms with E-state index in [4.69, 9.17) is 4.98 Å². The Labute approximate surface area is 202 Å². The maximum Gasteiger partial charge on any atom is 0.269 e. The van der Waals surface area contributed by atoms with Gasteiger partial charge in [0.2, 0.25) is 11.9 Å². The molecule has 10 nitrogen and oxygen atoms in total. The molecule has 4 aromatic rings. The average Bonchev–Trinajstić information content (AvgIpc) is 3.28. The number of nitrogens with zero attached hydrogens (tertiary/aromatic N) is 7. The Morgan fingerprint density at radius 2 is 1.69 bits per heavy atom. The third-order valence-corrected chi connectivity index (χ3v) is 6.16. The number of para-hydroxylation sites is 1. The van der Waals surface area contributed by atoms with Gasteiger partial charge in [-0.25, -0.2) is 9.38 Å². The third kappa shape index (κ3) is 4.39. The maximum absolute atomic E-state index is 12.7. The first-order valence-electron chi connectivity index (χ1n) is 11.6. The van der Waals surface area contributed by atoms with Gasteiger partial charge >= 0.3 is 0 Å². The number of carbonyl (C=O) groups excluding carboxylic acids is 1. The molecule has 5 rings (SSSR count). The van der Waals surface area contributed by atoms with E-state index in [0.717, 1.165) is 10.9 Å². The minimum absolute atomic E-state index is 0.0161. The fraction of sp³-hybridized carbons (Fsp3) is 0.360.